The highest BCUT2D eigenvalue weighted by Crippen LogP contribution is 2.14. The second-order valence-electron chi connectivity index (χ2n) is 5.06. The summed E-state index contributed by atoms with van der Waals surface area (Å²) in [5.41, 5.74) is 0.568. The molecule has 0 bridgehead atoms. The first-order chi connectivity index (χ1) is 9.83. The zero-order valence-electron chi connectivity index (χ0n) is 10.9. The van der Waals surface area contributed by atoms with Gasteiger partial charge in [-0.25, -0.2) is 4.98 Å². The average molecular weight is 270 g/mol. The number of aryl methyl sites for hydroxylation is 1. The molecule has 20 heavy (non-hydrogen) atoms. The maximum absolute atomic E-state index is 12.3. The summed E-state index contributed by atoms with van der Waals surface area (Å²) < 4.78 is 3.71. The molecule has 0 aromatic carbocycles. The summed E-state index contributed by atoms with van der Waals surface area (Å²) in [4.78, 5) is 19.5. The van der Waals surface area contributed by atoms with Crippen molar-refractivity contribution in [3.05, 3.63) is 40.6 Å². The highest BCUT2D eigenvalue weighted by molar-refractivity contribution is 5.73. The Bertz CT molecular complexity index is 827. The summed E-state index contributed by atoms with van der Waals surface area (Å²) in [5.74, 6) is 1.86. The summed E-state index contributed by atoms with van der Waals surface area (Å²) in [6, 6.07) is 1.75. The van der Waals surface area contributed by atoms with Crippen molar-refractivity contribution in [3.8, 4) is 0 Å². The number of H-pyrrole nitrogens is 1. The van der Waals surface area contributed by atoms with E-state index in [-0.39, 0.29) is 5.56 Å². The van der Waals surface area contributed by atoms with E-state index < -0.39 is 0 Å². The first kappa shape index (κ1) is 11.4. The van der Waals surface area contributed by atoms with Crippen LogP contribution in [0.2, 0.25) is 0 Å². The van der Waals surface area contributed by atoms with Gasteiger partial charge in [0.25, 0.3) is 5.56 Å². The first-order valence-electron chi connectivity index (χ1n) is 6.76. The number of nitrogens with zero attached hydrogens (tertiary/aromatic N) is 5. The molecular formula is C13H14N6O. The van der Waals surface area contributed by atoms with Crippen LogP contribution in [0.15, 0.2) is 23.4 Å². The van der Waals surface area contributed by atoms with Crippen LogP contribution in [0.1, 0.15) is 24.5 Å². The van der Waals surface area contributed by atoms with Crippen molar-refractivity contribution in [2.24, 2.45) is 0 Å². The lowest BCUT2D eigenvalue weighted by atomic mass is 10.2. The molecule has 0 spiro atoms. The van der Waals surface area contributed by atoms with E-state index in [4.69, 9.17) is 0 Å². The number of fused-ring (bicyclic) bond motifs is 2. The Balaban J connectivity index is 1.76. The fourth-order valence-electron chi connectivity index (χ4n) is 2.73. The normalized spacial score (nSPS) is 14.6. The molecule has 0 amide bonds. The average Bonchev–Trinajstić information content (AvgIpc) is 3.10. The quantitative estimate of drug-likeness (QED) is 0.743. The molecule has 1 aliphatic heterocycles. The summed E-state index contributed by atoms with van der Waals surface area (Å²) in [6.45, 7) is 1.35. The number of nitrogens with one attached hydrogen (secondary N) is 1. The molecular weight excluding hydrogens is 256 g/mol. The zero-order chi connectivity index (χ0) is 13.5. The van der Waals surface area contributed by atoms with Crippen LogP contribution in [0.3, 0.4) is 0 Å². The highest BCUT2D eigenvalue weighted by atomic mass is 16.1. The van der Waals surface area contributed by atoms with Crippen LogP contribution in [-0.4, -0.2) is 29.3 Å². The summed E-state index contributed by atoms with van der Waals surface area (Å²) in [6.07, 6.45) is 6.56. The maximum Gasteiger partial charge on any atom is 0.263 e. The highest BCUT2D eigenvalue weighted by Gasteiger charge is 2.16. The van der Waals surface area contributed by atoms with Gasteiger partial charge in [0, 0.05) is 19.2 Å². The zero-order valence-corrected chi connectivity index (χ0v) is 10.9. The molecule has 102 valence electrons. The van der Waals surface area contributed by atoms with Crippen LogP contribution in [0, 0.1) is 0 Å². The van der Waals surface area contributed by atoms with Gasteiger partial charge in [0.2, 0.25) is 0 Å². The van der Waals surface area contributed by atoms with Gasteiger partial charge in [-0.2, -0.15) is 0 Å². The van der Waals surface area contributed by atoms with E-state index in [0.29, 0.717) is 17.6 Å². The molecule has 4 heterocycles. The van der Waals surface area contributed by atoms with E-state index in [1.807, 2.05) is 0 Å². The van der Waals surface area contributed by atoms with Crippen molar-refractivity contribution in [1.82, 2.24) is 29.3 Å². The van der Waals surface area contributed by atoms with Crippen LogP contribution in [0.5, 0.6) is 0 Å². The van der Waals surface area contributed by atoms with Gasteiger partial charge in [0.1, 0.15) is 17.8 Å². The van der Waals surface area contributed by atoms with Crippen LogP contribution in [-0.2, 0) is 19.5 Å². The standard InChI is InChI=1S/C13H14N6O/c20-13-9-4-5-14-12(9)15-8-18(13)7-11-17-16-10-3-1-2-6-19(10)11/h4-5,8,14H,1-3,6-7H2. The molecule has 0 radical (unpaired) electrons. The monoisotopic (exact) mass is 270 g/mol. The van der Waals surface area contributed by atoms with Gasteiger partial charge in [0.05, 0.1) is 11.9 Å². The first-order valence-corrected chi connectivity index (χ1v) is 6.76. The lowest BCUT2D eigenvalue weighted by Gasteiger charge is -2.15. The van der Waals surface area contributed by atoms with Crippen molar-refractivity contribution in [1.29, 1.82) is 0 Å². The van der Waals surface area contributed by atoms with Crippen molar-refractivity contribution >= 4 is 11.0 Å². The Morgan fingerprint density at radius 2 is 2.25 bits per heavy atom. The van der Waals surface area contributed by atoms with E-state index in [9.17, 15) is 4.79 Å². The SMILES string of the molecule is O=c1c2cc[nH]c2ncn1Cc1nnc2n1CCCC2. The Kier molecular flexibility index (Phi) is 2.45. The molecule has 0 saturated heterocycles. The van der Waals surface area contributed by atoms with Crippen molar-refractivity contribution < 1.29 is 0 Å². The third kappa shape index (κ3) is 1.66. The summed E-state index contributed by atoms with van der Waals surface area (Å²) in [5, 5.41) is 9.03. The van der Waals surface area contributed by atoms with Crippen LogP contribution in [0.25, 0.3) is 11.0 Å². The van der Waals surface area contributed by atoms with Gasteiger partial charge in [-0.1, -0.05) is 0 Å². The predicted octanol–water partition coefficient (Wildman–Crippen LogP) is 0.701. The van der Waals surface area contributed by atoms with E-state index in [2.05, 4.69) is 24.7 Å². The molecule has 7 heteroatoms. The van der Waals surface area contributed by atoms with Crippen LogP contribution >= 0.6 is 0 Å². The molecule has 0 aliphatic carbocycles. The smallest absolute Gasteiger partial charge is 0.263 e. The largest absolute Gasteiger partial charge is 0.346 e. The van der Waals surface area contributed by atoms with Crippen molar-refractivity contribution in [2.45, 2.75) is 32.4 Å². The molecule has 1 N–H and O–H groups in total. The Morgan fingerprint density at radius 1 is 1.30 bits per heavy atom. The Morgan fingerprint density at radius 3 is 3.20 bits per heavy atom. The van der Waals surface area contributed by atoms with E-state index >= 15 is 0 Å². The third-order valence-electron chi connectivity index (χ3n) is 3.79. The fraction of sp³-hybridized carbons (Fsp3) is 0.385. The van der Waals surface area contributed by atoms with E-state index in [1.165, 1.54) is 0 Å². The molecule has 0 fully saturated rings. The summed E-state index contributed by atoms with van der Waals surface area (Å²) >= 11 is 0. The van der Waals surface area contributed by atoms with Gasteiger partial charge >= 0.3 is 0 Å². The minimum absolute atomic E-state index is 0.0515. The second kappa shape index (κ2) is 4.29. The summed E-state index contributed by atoms with van der Waals surface area (Å²) in [7, 11) is 0. The van der Waals surface area contributed by atoms with E-state index in [0.717, 1.165) is 37.5 Å². The number of aromatic amines is 1. The van der Waals surface area contributed by atoms with Gasteiger partial charge in [0.15, 0.2) is 5.82 Å². The molecule has 3 aromatic rings. The van der Waals surface area contributed by atoms with Crippen LogP contribution < -0.4 is 5.56 Å². The minimum Gasteiger partial charge on any atom is -0.346 e. The number of rotatable bonds is 2. The lowest BCUT2D eigenvalue weighted by molar-refractivity contribution is 0.500. The molecule has 0 unspecified atom stereocenters. The molecule has 0 atom stereocenters. The topological polar surface area (TPSA) is 81.4 Å². The van der Waals surface area contributed by atoms with Gasteiger partial charge < -0.3 is 9.55 Å². The Hall–Kier alpha value is -2.44. The lowest BCUT2D eigenvalue weighted by Crippen LogP contribution is -2.23. The Labute approximate surface area is 114 Å². The van der Waals surface area contributed by atoms with Crippen molar-refractivity contribution in [2.75, 3.05) is 0 Å². The predicted molar refractivity (Wildman–Crippen MR) is 72.4 cm³/mol. The third-order valence-corrected chi connectivity index (χ3v) is 3.79. The van der Waals surface area contributed by atoms with Gasteiger partial charge in [-0.15, -0.1) is 10.2 Å². The fourth-order valence-corrected chi connectivity index (χ4v) is 2.73. The number of hydrogen-bond donors (Lipinski definition) is 1. The van der Waals surface area contributed by atoms with Crippen molar-refractivity contribution in [3.63, 3.8) is 0 Å². The van der Waals surface area contributed by atoms with Gasteiger partial charge in [-0.3, -0.25) is 9.36 Å². The minimum atomic E-state index is -0.0515. The molecule has 3 aromatic heterocycles. The number of hydrogen-bond acceptors (Lipinski definition) is 4. The van der Waals surface area contributed by atoms with Crippen LogP contribution in [0.4, 0.5) is 0 Å². The molecule has 7 nitrogen and oxygen atoms in total. The maximum atomic E-state index is 12.3. The second-order valence-corrected chi connectivity index (χ2v) is 5.06. The molecule has 4 rings (SSSR count). The number of aromatic nitrogens is 6. The van der Waals surface area contributed by atoms with E-state index in [1.54, 1.807) is 23.2 Å². The molecule has 1 aliphatic rings. The van der Waals surface area contributed by atoms with Gasteiger partial charge in [-0.05, 0) is 18.9 Å². The molecule has 0 saturated carbocycles.